The first-order chi connectivity index (χ1) is 4.13. The maximum atomic E-state index is 9.98. The van der Waals surface area contributed by atoms with Gasteiger partial charge in [-0.2, -0.15) is 0 Å². The van der Waals surface area contributed by atoms with E-state index in [2.05, 4.69) is 0 Å². The zero-order valence-corrected chi connectivity index (χ0v) is 6.65. The van der Waals surface area contributed by atoms with Gasteiger partial charge in [0.1, 0.15) is 0 Å². The minimum atomic E-state index is -0.187. The number of allylic oxidation sites excluding steroid dienone is 2. The van der Waals surface area contributed by atoms with Crippen LogP contribution in [0.2, 0.25) is 0 Å². The number of ketones is 1. The van der Waals surface area contributed by atoms with E-state index in [9.17, 15) is 9.90 Å². The van der Waals surface area contributed by atoms with Gasteiger partial charge in [0.05, 0.1) is 0 Å². The molecule has 3 nitrogen and oxygen atoms in total. The number of carbonyl (C=O) groups is 1. The molecule has 0 saturated carbocycles. The van der Waals surface area contributed by atoms with Crippen molar-refractivity contribution in [2.24, 2.45) is 0 Å². The molecule has 0 amide bonds. The van der Waals surface area contributed by atoms with Crippen molar-refractivity contribution in [1.29, 1.82) is 0 Å². The van der Waals surface area contributed by atoms with Gasteiger partial charge >= 0.3 is 21.0 Å². The van der Waals surface area contributed by atoms with Crippen molar-refractivity contribution >= 4 is 5.78 Å². The maximum absolute atomic E-state index is 9.98. The third-order valence-corrected chi connectivity index (χ3v) is 0.407. The van der Waals surface area contributed by atoms with E-state index in [1.807, 2.05) is 0 Å². The molecule has 0 radical (unpaired) electrons. The quantitative estimate of drug-likeness (QED) is 0.397. The zero-order valence-electron chi connectivity index (χ0n) is 5.25. The Morgan fingerprint density at radius 3 is 1.78 bits per heavy atom. The van der Waals surface area contributed by atoms with Crippen LogP contribution >= 0.6 is 0 Å². The fourth-order valence-electron chi connectivity index (χ4n) is 0.286. The SMILES string of the molecule is CC(=O)/C=C(/C)[O-].[O]=[V+]. The molecule has 0 aliphatic carbocycles. The summed E-state index contributed by atoms with van der Waals surface area (Å²) in [4.78, 5) is 9.98. The van der Waals surface area contributed by atoms with E-state index in [1.54, 1.807) is 0 Å². The average Bonchev–Trinajstić information content (AvgIpc) is 1.68. The molecule has 0 unspecified atom stereocenters. The summed E-state index contributed by atoms with van der Waals surface area (Å²) in [5, 5.41) is 9.98. The molecule has 0 aliphatic rings. The molecule has 4 heteroatoms. The van der Waals surface area contributed by atoms with Crippen LogP contribution in [0.4, 0.5) is 0 Å². The van der Waals surface area contributed by atoms with E-state index in [4.69, 9.17) is 3.67 Å². The summed E-state index contributed by atoms with van der Waals surface area (Å²) in [6.07, 6.45) is 1.06. The number of hydrogen-bond donors (Lipinski definition) is 0. The third-order valence-electron chi connectivity index (χ3n) is 0.407. The van der Waals surface area contributed by atoms with Crippen LogP contribution in [0.5, 0.6) is 0 Å². The van der Waals surface area contributed by atoms with Crippen LogP contribution in [0.1, 0.15) is 13.8 Å². The molecular weight excluding hydrogens is 159 g/mol. The van der Waals surface area contributed by atoms with Crippen molar-refractivity contribution in [3.63, 3.8) is 0 Å². The minimum absolute atomic E-state index is 0.187. The Morgan fingerprint density at radius 2 is 1.78 bits per heavy atom. The molecule has 0 aliphatic heterocycles. The Hall–Kier alpha value is -0.406. The van der Waals surface area contributed by atoms with Crippen molar-refractivity contribution in [3.8, 4) is 0 Å². The van der Waals surface area contributed by atoms with E-state index in [-0.39, 0.29) is 11.5 Å². The molecule has 0 aromatic rings. The number of hydrogen-bond acceptors (Lipinski definition) is 3. The fourth-order valence-corrected chi connectivity index (χ4v) is 0.286. The summed E-state index contributed by atoms with van der Waals surface area (Å²) in [5.74, 6) is -0.375. The average molecular weight is 166 g/mol. The van der Waals surface area contributed by atoms with Crippen LogP contribution in [-0.4, -0.2) is 5.78 Å². The van der Waals surface area contributed by atoms with E-state index in [1.165, 1.54) is 13.8 Å². The summed E-state index contributed by atoms with van der Waals surface area (Å²) < 4.78 is 8.19. The van der Waals surface area contributed by atoms with Gasteiger partial charge in [0, 0.05) is 0 Å². The van der Waals surface area contributed by atoms with E-state index in [0.29, 0.717) is 0 Å². The van der Waals surface area contributed by atoms with Crippen molar-refractivity contribution in [2.75, 3.05) is 0 Å². The van der Waals surface area contributed by atoms with Gasteiger partial charge in [-0.15, -0.1) is 5.76 Å². The van der Waals surface area contributed by atoms with Crippen LogP contribution in [0.25, 0.3) is 0 Å². The molecule has 0 N–H and O–H groups in total. The Kier molecular flexibility index (Phi) is 9.62. The molecule has 0 heterocycles. The summed E-state index contributed by atoms with van der Waals surface area (Å²) in [5.41, 5.74) is 0. The predicted molar refractivity (Wildman–Crippen MR) is 25.1 cm³/mol. The Morgan fingerprint density at radius 1 is 1.44 bits per heavy atom. The first-order valence-electron chi connectivity index (χ1n) is 2.17. The van der Waals surface area contributed by atoms with Gasteiger partial charge in [-0.3, -0.25) is 4.79 Å². The number of carbonyl (C=O) groups excluding carboxylic acids is 1. The van der Waals surface area contributed by atoms with Gasteiger partial charge in [-0.05, 0) is 13.0 Å². The molecule has 0 atom stereocenters. The normalized spacial score (nSPS) is 9.22. The molecule has 0 aromatic carbocycles. The summed E-state index contributed by atoms with van der Waals surface area (Å²) in [6.45, 7) is 2.70. The van der Waals surface area contributed by atoms with Crippen molar-refractivity contribution in [2.45, 2.75) is 13.8 Å². The molecule has 0 rings (SSSR count). The standard InChI is InChI=1S/C5H8O2.O.V/c1-4(6)3-5(2)7;;/h3,6H,1-2H3;;/q;;+1/p-1/b4-3-;;. The van der Waals surface area contributed by atoms with Crippen LogP contribution in [0.15, 0.2) is 11.8 Å². The van der Waals surface area contributed by atoms with E-state index >= 15 is 0 Å². The summed E-state index contributed by atoms with van der Waals surface area (Å²) >= 11 is 1.06. The van der Waals surface area contributed by atoms with Crippen molar-refractivity contribution in [1.82, 2.24) is 0 Å². The molecule has 0 spiro atoms. The molecular formula is C5H7O3V. The van der Waals surface area contributed by atoms with Crippen LogP contribution < -0.4 is 5.11 Å². The second-order valence-corrected chi connectivity index (χ2v) is 1.37. The van der Waals surface area contributed by atoms with Crippen LogP contribution in [-0.2, 0) is 25.8 Å². The molecule has 9 heavy (non-hydrogen) atoms. The zero-order chi connectivity index (χ0) is 7.86. The van der Waals surface area contributed by atoms with Crippen molar-refractivity contribution in [3.05, 3.63) is 11.8 Å². The second kappa shape index (κ2) is 7.59. The molecule has 0 bridgehead atoms. The monoisotopic (exact) mass is 166 g/mol. The van der Waals surface area contributed by atoms with Crippen LogP contribution in [0, 0.1) is 0 Å². The van der Waals surface area contributed by atoms with Crippen LogP contribution in [0.3, 0.4) is 0 Å². The van der Waals surface area contributed by atoms with E-state index < -0.39 is 0 Å². The predicted octanol–water partition coefficient (Wildman–Crippen LogP) is -0.282. The van der Waals surface area contributed by atoms with Crippen molar-refractivity contribution < 1.29 is 30.9 Å². The first kappa shape index (κ1) is 11.4. The summed E-state index contributed by atoms with van der Waals surface area (Å²) in [6, 6.07) is 0. The first-order valence-corrected chi connectivity index (χ1v) is 2.74. The summed E-state index contributed by atoms with van der Waals surface area (Å²) in [7, 11) is 0. The molecule has 0 aromatic heterocycles. The Labute approximate surface area is 63.0 Å². The third kappa shape index (κ3) is 18.4. The van der Waals surface area contributed by atoms with Gasteiger partial charge in [0.25, 0.3) is 0 Å². The molecule has 50 valence electrons. The fraction of sp³-hybridized carbons (Fsp3) is 0.400. The van der Waals surface area contributed by atoms with Gasteiger partial charge in [-0.1, -0.05) is 6.92 Å². The second-order valence-electron chi connectivity index (χ2n) is 1.37. The van der Waals surface area contributed by atoms with Gasteiger partial charge < -0.3 is 5.11 Å². The molecule has 0 fully saturated rings. The molecule has 0 saturated heterocycles. The number of rotatable bonds is 1. The topological polar surface area (TPSA) is 57.2 Å². The van der Waals surface area contributed by atoms with E-state index in [0.717, 1.165) is 23.4 Å². The van der Waals surface area contributed by atoms with Gasteiger partial charge in [0.15, 0.2) is 5.78 Å². The Bertz CT molecular complexity index is 115. The van der Waals surface area contributed by atoms with Gasteiger partial charge in [0.2, 0.25) is 0 Å². The van der Waals surface area contributed by atoms with Gasteiger partial charge in [-0.25, -0.2) is 0 Å². The Balaban J connectivity index is 0.